The first-order chi connectivity index (χ1) is 12.6. The van der Waals surface area contributed by atoms with Gasteiger partial charge in [-0.2, -0.15) is 0 Å². The number of hydrogen-bond donors (Lipinski definition) is 1. The van der Waals surface area contributed by atoms with E-state index in [-0.39, 0.29) is 12.4 Å². The van der Waals surface area contributed by atoms with E-state index in [4.69, 9.17) is 10.6 Å². The quantitative estimate of drug-likeness (QED) is 0.391. The average Bonchev–Trinajstić information content (AvgIpc) is 3.29. The molecule has 2 N–H and O–H groups in total. The van der Waals surface area contributed by atoms with Crippen molar-refractivity contribution in [2.75, 3.05) is 12.4 Å². The van der Waals surface area contributed by atoms with Crippen LogP contribution in [0.3, 0.4) is 0 Å². The average molecular weight is 392 g/mol. The van der Waals surface area contributed by atoms with Crippen LogP contribution in [0.5, 0.6) is 0 Å². The molecule has 0 saturated heterocycles. The van der Waals surface area contributed by atoms with Crippen molar-refractivity contribution in [3.05, 3.63) is 40.3 Å². The van der Waals surface area contributed by atoms with Gasteiger partial charge in [0.1, 0.15) is 10.7 Å². The fourth-order valence-electron chi connectivity index (χ4n) is 2.81. The highest BCUT2D eigenvalue weighted by Crippen LogP contribution is 2.40. The molecular formula is C17H17FN4O2S2. The molecule has 1 aliphatic carbocycles. The maximum atomic E-state index is 14.4. The predicted octanol–water partition coefficient (Wildman–Crippen LogP) is 3.69. The van der Waals surface area contributed by atoms with Gasteiger partial charge < -0.3 is 10.6 Å². The Hall–Kier alpha value is -2.13. The van der Waals surface area contributed by atoms with Crippen LogP contribution in [-0.4, -0.2) is 27.4 Å². The van der Waals surface area contributed by atoms with Gasteiger partial charge in [0.05, 0.1) is 6.61 Å². The number of rotatable bonds is 6. The SMILES string of the molecule is CCOC(=O)c1sc2cccc(F)c2c1CSc1nnc(C2CC2)n1N. The molecule has 4 rings (SSSR count). The van der Waals surface area contributed by atoms with Crippen molar-refractivity contribution in [1.82, 2.24) is 14.9 Å². The third-order valence-electron chi connectivity index (χ3n) is 4.20. The molecule has 1 aliphatic rings. The summed E-state index contributed by atoms with van der Waals surface area (Å²) in [6, 6.07) is 4.84. The summed E-state index contributed by atoms with van der Waals surface area (Å²) in [5, 5.41) is 9.29. The highest BCUT2D eigenvalue weighted by molar-refractivity contribution is 7.98. The summed E-state index contributed by atoms with van der Waals surface area (Å²) >= 11 is 2.58. The number of aromatic nitrogens is 3. The molecule has 0 amide bonds. The Morgan fingerprint density at radius 3 is 3.00 bits per heavy atom. The number of carbonyl (C=O) groups is 1. The van der Waals surface area contributed by atoms with E-state index in [1.54, 1.807) is 19.1 Å². The molecule has 2 heterocycles. The molecule has 0 radical (unpaired) electrons. The zero-order valence-corrected chi connectivity index (χ0v) is 15.7. The summed E-state index contributed by atoms with van der Waals surface area (Å²) in [5.41, 5.74) is 0.613. The van der Waals surface area contributed by atoms with Gasteiger partial charge in [-0.1, -0.05) is 17.8 Å². The smallest absolute Gasteiger partial charge is 0.348 e. The second-order valence-electron chi connectivity index (χ2n) is 6.02. The number of hydrogen-bond acceptors (Lipinski definition) is 7. The first-order valence-corrected chi connectivity index (χ1v) is 10.1. The lowest BCUT2D eigenvalue weighted by atomic mass is 10.1. The largest absolute Gasteiger partial charge is 0.462 e. The number of benzene rings is 1. The van der Waals surface area contributed by atoms with E-state index in [0.717, 1.165) is 23.4 Å². The zero-order chi connectivity index (χ0) is 18.3. The summed E-state index contributed by atoms with van der Waals surface area (Å²) in [6.45, 7) is 2.01. The van der Waals surface area contributed by atoms with Crippen LogP contribution in [0.25, 0.3) is 10.1 Å². The minimum atomic E-state index is -0.434. The normalized spacial score (nSPS) is 14.1. The van der Waals surface area contributed by atoms with Crippen molar-refractivity contribution >= 4 is 39.2 Å². The Morgan fingerprint density at radius 2 is 2.27 bits per heavy atom. The van der Waals surface area contributed by atoms with Crippen LogP contribution in [0.4, 0.5) is 4.39 Å². The van der Waals surface area contributed by atoms with E-state index in [0.29, 0.717) is 32.7 Å². The van der Waals surface area contributed by atoms with Crippen LogP contribution in [0.2, 0.25) is 0 Å². The van der Waals surface area contributed by atoms with E-state index < -0.39 is 5.97 Å². The zero-order valence-electron chi connectivity index (χ0n) is 14.1. The molecule has 0 unspecified atom stereocenters. The standard InChI is InChI=1S/C17H17FN4O2S2/c1-2-24-16(23)14-10(13-11(18)4-3-5-12(13)26-14)8-25-17-21-20-15(22(17)19)9-6-7-9/h3-5,9H,2,6-8,19H2,1H3. The van der Waals surface area contributed by atoms with E-state index in [2.05, 4.69) is 10.2 Å². The number of nitrogen functional groups attached to an aromatic ring is 1. The van der Waals surface area contributed by atoms with Crippen molar-refractivity contribution in [1.29, 1.82) is 0 Å². The Labute approximate surface area is 157 Å². The second kappa shape index (κ2) is 6.88. The second-order valence-corrected chi connectivity index (χ2v) is 8.01. The molecule has 9 heteroatoms. The van der Waals surface area contributed by atoms with Gasteiger partial charge >= 0.3 is 5.97 Å². The molecule has 0 aliphatic heterocycles. The fraction of sp³-hybridized carbons (Fsp3) is 0.353. The van der Waals surface area contributed by atoms with Crippen LogP contribution < -0.4 is 5.84 Å². The lowest BCUT2D eigenvalue weighted by Gasteiger charge is -2.06. The minimum absolute atomic E-state index is 0.268. The van der Waals surface area contributed by atoms with Gasteiger partial charge in [-0.15, -0.1) is 21.5 Å². The Balaban J connectivity index is 1.68. The molecule has 1 fully saturated rings. The van der Waals surface area contributed by atoms with E-state index in [1.807, 2.05) is 0 Å². The van der Waals surface area contributed by atoms with Crippen LogP contribution >= 0.6 is 23.1 Å². The number of ether oxygens (including phenoxy) is 1. The van der Waals surface area contributed by atoms with E-state index >= 15 is 0 Å². The summed E-state index contributed by atoms with van der Waals surface area (Å²) in [4.78, 5) is 12.7. The van der Waals surface area contributed by atoms with Crippen molar-refractivity contribution in [2.45, 2.75) is 36.6 Å². The summed E-state index contributed by atoms with van der Waals surface area (Å²) < 4.78 is 21.8. The van der Waals surface area contributed by atoms with E-state index in [9.17, 15) is 9.18 Å². The maximum Gasteiger partial charge on any atom is 0.348 e. The van der Waals surface area contributed by atoms with E-state index in [1.165, 1.54) is 33.8 Å². The molecule has 0 atom stereocenters. The Bertz CT molecular complexity index is 981. The molecule has 1 saturated carbocycles. The number of esters is 1. The third kappa shape index (κ3) is 3.05. The molecule has 1 aromatic carbocycles. The molecule has 0 spiro atoms. The van der Waals surface area contributed by atoms with Gasteiger partial charge in [0.2, 0.25) is 5.16 Å². The molecule has 0 bridgehead atoms. The first-order valence-electron chi connectivity index (χ1n) is 8.30. The topological polar surface area (TPSA) is 83.0 Å². The number of fused-ring (bicyclic) bond motifs is 1. The highest BCUT2D eigenvalue weighted by Gasteiger charge is 2.30. The highest BCUT2D eigenvalue weighted by atomic mass is 32.2. The predicted molar refractivity (Wildman–Crippen MR) is 99.4 cm³/mol. The minimum Gasteiger partial charge on any atom is -0.462 e. The summed E-state index contributed by atoms with van der Waals surface area (Å²) in [6.07, 6.45) is 2.15. The summed E-state index contributed by atoms with van der Waals surface area (Å²) in [7, 11) is 0. The van der Waals surface area contributed by atoms with Gasteiger partial charge in [0, 0.05) is 21.8 Å². The van der Waals surface area contributed by atoms with Crippen LogP contribution in [0.1, 0.15) is 46.7 Å². The van der Waals surface area contributed by atoms with Gasteiger partial charge in [-0.25, -0.2) is 13.9 Å². The number of thiophene rings is 1. The maximum absolute atomic E-state index is 14.4. The Kier molecular flexibility index (Phi) is 4.58. The van der Waals surface area contributed by atoms with Crippen molar-refractivity contribution < 1.29 is 13.9 Å². The number of nitrogens with two attached hydrogens (primary N) is 1. The monoisotopic (exact) mass is 392 g/mol. The Morgan fingerprint density at radius 1 is 1.46 bits per heavy atom. The molecule has 136 valence electrons. The number of thioether (sulfide) groups is 1. The molecule has 26 heavy (non-hydrogen) atoms. The van der Waals surface area contributed by atoms with Gasteiger partial charge in [-0.3, -0.25) is 0 Å². The number of carbonyl (C=O) groups excluding carboxylic acids is 1. The van der Waals surface area contributed by atoms with Crippen molar-refractivity contribution in [3.63, 3.8) is 0 Å². The molecule has 3 aromatic rings. The lowest BCUT2D eigenvalue weighted by Crippen LogP contribution is -2.13. The van der Waals surface area contributed by atoms with Crippen LogP contribution in [0.15, 0.2) is 23.4 Å². The van der Waals surface area contributed by atoms with Crippen molar-refractivity contribution in [2.24, 2.45) is 0 Å². The number of halogens is 1. The summed E-state index contributed by atoms with van der Waals surface area (Å²) in [5.74, 6) is 6.82. The molecule has 2 aromatic heterocycles. The lowest BCUT2D eigenvalue weighted by molar-refractivity contribution is 0.0531. The third-order valence-corrected chi connectivity index (χ3v) is 6.35. The number of nitrogens with zero attached hydrogens (tertiary/aromatic N) is 3. The molecular weight excluding hydrogens is 375 g/mol. The van der Waals surface area contributed by atoms with Crippen molar-refractivity contribution in [3.8, 4) is 0 Å². The van der Waals surface area contributed by atoms with Gasteiger partial charge in [0.25, 0.3) is 0 Å². The van der Waals surface area contributed by atoms with Gasteiger partial charge in [0.15, 0.2) is 5.82 Å². The molecule has 6 nitrogen and oxygen atoms in total. The van der Waals surface area contributed by atoms with Crippen LogP contribution in [0, 0.1) is 5.82 Å². The van der Waals surface area contributed by atoms with Crippen LogP contribution in [-0.2, 0) is 10.5 Å². The fourth-order valence-corrected chi connectivity index (χ4v) is 4.92. The first kappa shape index (κ1) is 17.3. The van der Waals surface area contributed by atoms with Gasteiger partial charge in [-0.05, 0) is 37.5 Å².